The fraction of sp³-hybridized carbons (Fsp3) is 0.375. The number of nitrogens with zero attached hydrogens (tertiary/aromatic N) is 2. The summed E-state index contributed by atoms with van der Waals surface area (Å²) in [5.41, 5.74) is 3.14. The van der Waals surface area contributed by atoms with E-state index < -0.39 is 11.9 Å². The normalized spacial score (nSPS) is 18.5. The zero-order valence-electron chi connectivity index (χ0n) is 12.2. The second kappa shape index (κ2) is 5.58. The average Bonchev–Trinajstić information content (AvgIpc) is 2.76. The molecule has 1 N–H and O–H groups in total. The van der Waals surface area contributed by atoms with E-state index in [1.165, 1.54) is 4.88 Å². The first-order chi connectivity index (χ1) is 10.0. The lowest BCUT2D eigenvalue weighted by Crippen LogP contribution is -2.36. The van der Waals surface area contributed by atoms with Crippen molar-refractivity contribution in [3.8, 4) is 0 Å². The second-order valence-electron chi connectivity index (χ2n) is 5.50. The molecule has 1 aromatic carbocycles. The molecule has 110 valence electrons. The van der Waals surface area contributed by atoms with Gasteiger partial charge < -0.3 is 5.11 Å². The van der Waals surface area contributed by atoms with Crippen LogP contribution in [0, 0.1) is 13.8 Å². The maximum Gasteiger partial charge on any atom is 0.312 e. The lowest BCUT2D eigenvalue weighted by Gasteiger charge is -2.32. The molecule has 0 aliphatic carbocycles. The third-order valence-corrected chi connectivity index (χ3v) is 4.99. The summed E-state index contributed by atoms with van der Waals surface area (Å²) in [6.45, 7) is 6.16. The van der Waals surface area contributed by atoms with Crippen LogP contribution < -0.4 is 0 Å². The van der Waals surface area contributed by atoms with Crippen LogP contribution in [-0.4, -0.2) is 27.5 Å². The number of aryl methyl sites for hydroxylation is 2. The highest BCUT2D eigenvalue weighted by Crippen LogP contribution is 2.30. The van der Waals surface area contributed by atoms with Crippen molar-refractivity contribution >= 4 is 17.3 Å². The zero-order valence-corrected chi connectivity index (χ0v) is 13.0. The van der Waals surface area contributed by atoms with Gasteiger partial charge in [0.05, 0.1) is 16.6 Å². The number of thiazole rings is 1. The van der Waals surface area contributed by atoms with Crippen molar-refractivity contribution in [3.63, 3.8) is 0 Å². The van der Waals surface area contributed by atoms with E-state index in [2.05, 4.69) is 9.88 Å². The molecule has 0 amide bonds. The minimum atomic E-state index is -0.746. The van der Waals surface area contributed by atoms with Crippen LogP contribution in [0.4, 0.5) is 0 Å². The van der Waals surface area contributed by atoms with Crippen LogP contribution in [0.3, 0.4) is 0 Å². The number of benzene rings is 1. The molecule has 2 heterocycles. The smallest absolute Gasteiger partial charge is 0.312 e. The number of carboxylic acid groups (broad SMARTS) is 1. The highest BCUT2D eigenvalue weighted by atomic mass is 32.1. The number of aromatic nitrogens is 1. The minimum absolute atomic E-state index is 0.440. The number of hydrogen-bond acceptors (Lipinski definition) is 4. The van der Waals surface area contributed by atoms with Gasteiger partial charge in [0.1, 0.15) is 0 Å². The molecule has 0 fully saturated rings. The monoisotopic (exact) mass is 302 g/mol. The third kappa shape index (κ3) is 2.84. The third-order valence-electron chi connectivity index (χ3n) is 3.93. The predicted octanol–water partition coefficient (Wildman–Crippen LogP) is 2.94. The van der Waals surface area contributed by atoms with Crippen LogP contribution in [0.25, 0.3) is 0 Å². The molecule has 21 heavy (non-hydrogen) atoms. The van der Waals surface area contributed by atoms with Gasteiger partial charge in [0.25, 0.3) is 0 Å². The SMILES string of the molecule is Cc1nc(C)c(CN2Cc3ccccc3C(C(=O)O)C2)s1. The molecular weight excluding hydrogens is 284 g/mol. The van der Waals surface area contributed by atoms with Crippen LogP contribution in [0.5, 0.6) is 0 Å². The largest absolute Gasteiger partial charge is 0.481 e. The van der Waals surface area contributed by atoms with Gasteiger partial charge in [0, 0.05) is 24.5 Å². The Kier molecular flexibility index (Phi) is 3.78. The van der Waals surface area contributed by atoms with Crippen molar-refractivity contribution < 1.29 is 9.90 Å². The molecular formula is C16H18N2O2S. The van der Waals surface area contributed by atoms with Crippen molar-refractivity contribution in [1.82, 2.24) is 9.88 Å². The predicted molar refractivity (Wildman–Crippen MR) is 82.5 cm³/mol. The molecule has 1 aliphatic rings. The van der Waals surface area contributed by atoms with Gasteiger partial charge >= 0.3 is 5.97 Å². The number of carbonyl (C=O) groups is 1. The number of aliphatic carboxylic acids is 1. The summed E-state index contributed by atoms with van der Waals surface area (Å²) in [6.07, 6.45) is 0. The zero-order chi connectivity index (χ0) is 15.0. The van der Waals surface area contributed by atoms with Gasteiger partial charge in [-0.2, -0.15) is 0 Å². The molecule has 1 aliphatic heterocycles. The summed E-state index contributed by atoms with van der Waals surface area (Å²) < 4.78 is 0. The Morgan fingerprint density at radius 1 is 1.43 bits per heavy atom. The Morgan fingerprint density at radius 2 is 2.19 bits per heavy atom. The van der Waals surface area contributed by atoms with Crippen LogP contribution in [0.1, 0.15) is 32.6 Å². The first-order valence-electron chi connectivity index (χ1n) is 7.00. The molecule has 2 aromatic rings. The van der Waals surface area contributed by atoms with Gasteiger partial charge in [-0.05, 0) is 25.0 Å². The standard InChI is InChI=1S/C16H18N2O2S/c1-10-15(21-11(2)17-10)9-18-7-12-5-3-4-6-13(12)14(8-18)16(19)20/h3-6,14H,7-9H2,1-2H3,(H,19,20). The molecule has 1 unspecified atom stereocenters. The molecule has 3 rings (SSSR count). The fourth-order valence-electron chi connectivity index (χ4n) is 2.93. The molecule has 0 bridgehead atoms. The first kappa shape index (κ1) is 14.2. The van der Waals surface area contributed by atoms with Gasteiger partial charge in [-0.25, -0.2) is 4.98 Å². The minimum Gasteiger partial charge on any atom is -0.481 e. The van der Waals surface area contributed by atoms with Crippen molar-refractivity contribution in [2.24, 2.45) is 0 Å². The van der Waals surface area contributed by atoms with E-state index in [1.54, 1.807) is 11.3 Å². The van der Waals surface area contributed by atoms with Crippen molar-refractivity contribution in [1.29, 1.82) is 0 Å². The summed E-state index contributed by atoms with van der Waals surface area (Å²) in [6, 6.07) is 7.86. The van der Waals surface area contributed by atoms with Gasteiger partial charge in [-0.1, -0.05) is 24.3 Å². The Morgan fingerprint density at radius 3 is 2.86 bits per heavy atom. The Labute approximate surface area is 128 Å². The molecule has 1 atom stereocenters. The molecule has 4 nitrogen and oxygen atoms in total. The van der Waals surface area contributed by atoms with Gasteiger partial charge in [-0.3, -0.25) is 9.69 Å². The molecule has 0 spiro atoms. The van der Waals surface area contributed by atoms with Crippen LogP contribution in [-0.2, 0) is 17.9 Å². The van der Waals surface area contributed by atoms with Crippen molar-refractivity contribution in [2.75, 3.05) is 6.54 Å². The fourth-order valence-corrected chi connectivity index (χ4v) is 3.91. The van der Waals surface area contributed by atoms with Crippen LogP contribution >= 0.6 is 11.3 Å². The molecule has 5 heteroatoms. The molecule has 0 saturated carbocycles. The highest BCUT2D eigenvalue weighted by Gasteiger charge is 2.30. The van der Waals surface area contributed by atoms with Gasteiger partial charge in [-0.15, -0.1) is 11.3 Å². The number of carboxylic acids is 1. The van der Waals surface area contributed by atoms with E-state index >= 15 is 0 Å². The quantitative estimate of drug-likeness (QED) is 0.947. The van der Waals surface area contributed by atoms with E-state index in [4.69, 9.17) is 0 Å². The summed E-state index contributed by atoms with van der Waals surface area (Å²) in [4.78, 5) is 19.4. The molecule has 0 saturated heterocycles. The topological polar surface area (TPSA) is 53.4 Å². The van der Waals surface area contributed by atoms with E-state index in [9.17, 15) is 9.90 Å². The lowest BCUT2D eigenvalue weighted by atomic mass is 9.90. The average molecular weight is 302 g/mol. The van der Waals surface area contributed by atoms with E-state index in [0.29, 0.717) is 6.54 Å². The van der Waals surface area contributed by atoms with Crippen molar-refractivity contribution in [2.45, 2.75) is 32.9 Å². The maximum absolute atomic E-state index is 11.5. The van der Waals surface area contributed by atoms with Crippen LogP contribution in [0.2, 0.25) is 0 Å². The summed E-state index contributed by atoms with van der Waals surface area (Å²) >= 11 is 1.70. The van der Waals surface area contributed by atoms with E-state index in [-0.39, 0.29) is 0 Å². The summed E-state index contributed by atoms with van der Waals surface area (Å²) in [5.74, 6) is -1.19. The number of fused-ring (bicyclic) bond motifs is 1. The van der Waals surface area contributed by atoms with Crippen molar-refractivity contribution in [3.05, 3.63) is 51.0 Å². The Hall–Kier alpha value is -1.72. The number of hydrogen-bond donors (Lipinski definition) is 1. The lowest BCUT2D eigenvalue weighted by molar-refractivity contribution is -0.139. The number of rotatable bonds is 3. The summed E-state index contributed by atoms with van der Waals surface area (Å²) in [7, 11) is 0. The molecule has 1 aromatic heterocycles. The van der Waals surface area contributed by atoms with E-state index in [0.717, 1.165) is 34.9 Å². The Balaban J connectivity index is 1.86. The van der Waals surface area contributed by atoms with Gasteiger partial charge in [0.15, 0.2) is 0 Å². The first-order valence-corrected chi connectivity index (χ1v) is 7.82. The highest BCUT2D eigenvalue weighted by molar-refractivity contribution is 7.11. The maximum atomic E-state index is 11.5. The van der Waals surface area contributed by atoms with Gasteiger partial charge in [0.2, 0.25) is 0 Å². The van der Waals surface area contributed by atoms with E-state index in [1.807, 2.05) is 38.1 Å². The second-order valence-corrected chi connectivity index (χ2v) is 6.79. The van der Waals surface area contributed by atoms with Crippen LogP contribution in [0.15, 0.2) is 24.3 Å². The summed E-state index contributed by atoms with van der Waals surface area (Å²) in [5, 5.41) is 10.6. The molecule has 0 radical (unpaired) electrons. The Bertz CT molecular complexity index is 681.